The van der Waals surface area contributed by atoms with Gasteiger partial charge >= 0.3 is 0 Å². The van der Waals surface area contributed by atoms with Crippen LogP contribution in [0.3, 0.4) is 0 Å². The second-order valence-corrected chi connectivity index (χ2v) is 5.50. The van der Waals surface area contributed by atoms with Gasteiger partial charge in [-0.05, 0) is 0 Å². The van der Waals surface area contributed by atoms with Gasteiger partial charge in [-0.25, -0.2) is 0 Å². The molecule has 0 spiro atoms. The molecule has 0 aromatic carbocycles. The van der Waals surface area contributed by atoms with Gasteiger partial charge in [-0.3, -0.25) is 16.8 Å². The zero-order chi connectivity index (χ0) is 25.6. The summed E-state index contributed by atoms with van der Waals surface area (Å²) in [5.41, 5.74) is 0. The molecule has 0 bridgehead atoms. The number of aliphatic carboxylic acids is 4. The van der Waals surface area contributed by atoms with E-state index < -0.39 is 69.1 Å². The molecule has 0 heterocycles. The minimum atomic E-state index is -5.17. The smallest absolute Gasteiger partial charge is 0.124 e. The van der Waals surface area contributed by atoms with Crippen LogP contribution in [0.2, 0.25) is 0 Å². The van der Waals surface area contributed by atoms with Crippen molar-refractivity contribution in [3.8, 4) is 0 Å². The molecule has 22 heteroatoms. The third-order valence-electron chi connectivity index (χ3n) is 1.56. The van der Waals surface area contributed by atoms with Crippen LogP contribution in [0.1, 0.15) is 0 Å². The van der Waals surface area contributed by atoms with Gasteiger partial charge in [0.25, 0.3) is 0 Å². The Morgan fingerprint density at radius 3 is 0.567 bits per heavy atom. The highest BCUT2D eigenvalue weighted by molar-refractivity contribution is 7.79. The summed E-state index contributed by atoms with van der Waals surface area (Å²) in [7, 11) is -10.3. The van der Waals surface area contributed by atoms with E-state index in [1.54, 1.807) is 0 Å². The van der Waals surface area contributed by atoms with Crippen molar-refractivity contribution >= 4 is 44.7 Å². The van der Waals surface area contributed by atoms with Crippen molar-refractivity contribution in [2.45, 2.75) is 24.4 Å². The van der Waals surface area contributed by atoms with Crippen LogP contribution in [0.4, 0.5) is 0 Å². The Hall–Kier alpha value is -2.54. The predicted octanol–water partition coefficient (Wildman–Crippen LogP) is -12.3. The minimum absolute atomic E-state index is 2.06. The van der Waals surface area contributed by atoms with Crippen molar-refractivity contribution in [2.75, 3.05) is 0 Å². The first-order valence-electron chi connectivity index (χ1n) is 5.82. The first-order valence-corrected chi connectivity index (χ1v) is 8.49. The first kappa shape index (κ1) is 34.9. The number of rotatable bonds is 6. The minimum Gasteiger partial charge on any atom is -0.759 e. The summed E-state index contributed by atoms with van der Waals surface area (Å²) in [5.74, 6) is -8.23. The highest BCUT2D eigenvalue weighted by Crippen LogP contribution is 1.89. The van der Waals surface area contributed by atoms with E-state index in [1.165, 1.54) is 0 Å². The lowest BCUT2D eigenvalue weighted by Gasteiger charge is -2.18. The van der Waals surface area contributed by atoms with Gasteiger partial charge in [0.1, 0.15) is 24.4 Å². The molecule has 0 aliphatic carbocycles. The summed E-state index contributed by atoms with van der Waals surface area (Å²) >= 11 is 0. The largest absolute Gasteiger partial charge is 0.759 e. The van der Waals surface area contributed by atoms with Crippen molar-refractivity contribution in [2.24, 2.45) is 0 Å². The number of carboxylic acids is 4. The van der Waals surface area contributed by atoms with E-state index in [0.29, 0.717) is 0 Å². The molecule has 4 N–H and O–H groups in total. The number of carboxylic acid groups (broad SMARTS) is 4. The van der Waals surface area contributed by atoms with E-state index in [0.717, 1.165) is 0 Å². The standard InChI is InChI=1S/2C4H6O6.2H2O4S/c2*5-1(3(7)8)2(6)4(9)10;2*1-5(2,3)4/h2*1-2,5-6H,(H,7,8)(H,9,10);2*(H2,1,2,3,4)/p-8. The molecule has 0 saturated heterocycles. The van der Waals surface area contributed by atoms with Crippen LogP contribution in [0.15, 0.2) is 0 Å². The van der Waals surface area contributed by atoms with Crippen LogP contribution in [-0.4, -0.2) is 104 Å². The third kappa shape index (κ3) is 33.1. The number of hydrogen-bond donors (Lipinski definition) is 4. The van der Waals surface area contributed by atoms with Gasteiger partial charge in [0.15, 0.2) is 0 Å². The fourth-order valence-corrected chi connectivity index (χ4v) is 0.516. The van der Waals surface area contributed by atoms with Crippen LogP contribution in [-0.2, 0) is 40.0 Å². The Kier molecular flexibility index (Phi) is 17.8. The average molecular weight is 488 g/mol. The highest BCUT2D eigenvalue weighted by atomic mass is 32.3. The Bertz CT molecular complexity index is 647. The maximum absolute atomic E-state index is 9.63. The lowest BCUT2D eigenvalue weighted by molar-refractivity contribution is -0.333. The summed E-state index contributed by atoms with van der Waals surface area (Å²) in [5, 5.41) is 71.5. The Balaban J connectivity index is -0.000000159. The zero-order valence-corrected chi connectivity index (χ0v) is 15.1. The monoisotopic (exact) mass is 488 g/mol. The molecule has 30 heavy (non-hydrogen) atoms. The lowest BCUT2D eigenvalue weighted by atomic mass is 10.2. The zero-order valence-electron chi connectivity index (χ0n) is 13.4. The maximum Gasteiger partial charge on any atom is 0.124 e. The summed E-state index contributed by atoms with van der Waals surface area (Å²) in [4.78, 5) is 38.5. The molecular weight excluding hydrogens is 480 g/mol. The molecule has 180 valence electrons. The molecular formula is C8H8O20S2-8. The number of hydrogen-bond acceptors (Lipinski definition) is 20. The van der Waals surface area contributed by atoms with E-state index >= 15 is 0 Å². The fourth-order valence-electron chi connectivity index (χ4n) is 0.516. The second kappa shape index (κ2) is 15.3. The highest BCUT2D eigenvalue weighted by Gasteiger charge is 2.18. The molecule has 4 atom stereocenters. The van der Waals surface area contributed by atoms with Gasteiger partial charge in [-0.15, -0.1) is 0 Å². The van der Waals surface area contributed by atoms with Crippen LogP contribution in [0, 0.1) is 0 Å². The molecule has 4 unspecified atom stereocenters. The second-order valence-electron chi connectivity index (χ2n) is 3.87. The molecule has 0 radical (unpaired) electrons. The van der Waals surface area contributed by atoms with Crippen LogP contribution >= 0.6 is 0 Å². The number of carbonyl (C=O) groups excluding carboxylic acids is 4. The SMILES string of the molecule is O=C([O-])C(O)C(O)C(=O)[O-].O=C([O-])C(O)C(O)C(=O)[O-].O=S(=O)([O-])[O-].O=S(=O)([O-])[O-]. The molecule has 0 fully saturated rings. The predicted molar refractivity (Wildman–Crippen MR) is 65.0 cm³/mol. The van der Waals surface area contributed by atoms with E-state index in [2.05, 4.69) is 0 Å². The molecule has 0 aliphatic heterocycles. The van der Waals surface area contributed by atoms with Crippen molar-refractivity contribution in [3.05, 3.63) is 0 Å². The Morgan fingerprint density at radius 1 is 0.467 bits per heavy atom. The normalized spacial score (nSPS) is 14.4. The molecule has 0 aliphatic rings. The topological polar surface area (TPSA) is 402 Å². The summed E-state index contributed by atoms with van der Waals surface area (Å²) in [6.07, 6.45) is -9.76. The summed E-state index contributed by atoms with van der Waals surface area (Å²) < 4.78 is 68.2. The number of carbonyl (C=O) groups is 4. The number of aliphatic hydroxyl groups excluding tert-OH is 4. The van der Waals surface area contributed by atoms with E-state index in [1.807, 2.05) is 0 Å². The van der Waals surface area contributed by atoms with Gasteiger partial charge in [-0.1, -0.05) is 0 Å². The Morgan fingerprint density at radius 2 is 0.533 bits per heavy atom. The summed E-state index contributed by atoms with van der Waals surface area (Å²) in [6.45, 7) is 0. The lowest BCUT2D eigenvalue weighted by Crippen LogP contribution is -2.51. The fraction of sp³-hybridized carbons (Fsp3) is 0.500. The van der Waals surface area contributed by atoms with Crippen molar-refractivity contribution < 1.29 is 95.1 Å². The van der Waals surface area contributed by atoms with Crippen molar-refractivity contribution in [3.63, 3.8) is 0 Å². The average Bonchev–Trinajstić information content (AvgIpc) is 2.48. The van der Waals surface area contributed by atoms with Crippen molar-refractivity contribution in [1.29, 1.82) is 0 Å². The molecule has 0 rings (SSSR count). The van der Waals surface area contributed by atoms with Gasteiger partial charge in [0, 0.05) is 20.8 Å². The van der Waals surface area contributed by atoms with E-state index in [9.17, 15) is 39.6 Å². The van der Waals surface area contributed by atoms with Crippen LogP contribution in [0.5, 0.6) is 0 Å². The van der Waals surface area contributed by atoms with Gasteiger partial charge in [0.05, 0.1) is 23.9 Å². The van der Waals surface area contributed by atoms with Gasteiger partial charge in [0.2, 0.25) is 0 Å². The maximum atomic E-state index is 9.63. The molecule has 0 saturated carbocycles. The number of aliphatic hydroxyl groups is 4. The van der Waals surface area contributed by atoms with E-state index in [-0.39, 0.29) is 0 Å². The molecule has 0 aromatic heterocycles. The van der Waals surface area contributed by atoms with Crippen LogP contribution in [0.25, 0.3) is 0 Å². The van der Waals surface area contributed by atoms with Crippen molar-refractivity contribution in [1.82, 2.24) is 0 Å². The molecule has 0 amide bonds. The molecule has 20 nitrogen and oxygen atoms in total. The summed E-state index contributed by atoms with van der Waals surface area (Å²) in [6, 6.07) is 0. The van der Waals surface area contributed by atoms with Gasteiger partial charge in [-0.2, -0.15) is 0 Å². The van der Waals surface area contributed by atoms with E-state index in [4.69, 9.17) is 55.5 Å². The van der Waals surface area contributed by atoms with Crippen LogP contribution < -0.4 is 20.4 Å². The first-order chi connectivity index (χ1) is 12.9. The van der Waals surface area contributed by atoms with Gasteiger partial charge < -0.3 is 78.2 Å². The quantitative estimate of drug-likeness (QED) is 0.199. The third-order valence-corrected chi connectivity index (χ3v) is 1.56. The Labute approximate surface area is 165 Å². The molecule has 0 aromatic rings.